The average molecular weight is 238 g/mol. The van der Waals surface area contributed by atoms with Crippen molar-refractivity contribution in [3.05, 3.63) is 0 Å². The molecule has 2 saturated heterocycles. The van der Waals surface area contributed by atoms with E-state index in [1.165, 1.54) is 71.2 Å². The molecule has 1 atom stereocenters. The average Bonchev–Trinajstić information content (AvgIpc) is 2.56. The van der Waals surface area contributed by atoms with E-state index in [1.54, 1.807) is 0 Å². The Bertz CT molecular complexity index is 221. The van der Waals surface area contributed by atoms with Gasteiger partial charge in [0.15, 0.2) is 0 Å². The van der Waals surface area contributed by atoms with Crippen molar-refractivity contribution in [2.75, 3.05) is 32.7 Å². The van der Waals surface area contributed by atoms with Crippen molar-refractivity contribution in [1.29, 1.82) is 0 Å². The lowest BCUT2D eigenvalue weighted by Gasteiger charge is -2.40. The molecule has 2 heteroatoms. The van der Waals surface area contributed by atoms with Crippen LogP contribution >= 0.6 is 0 Å². The summed E-state index contributed by atoms with van der Waals surface area (Å²) in [7, 11) is 0. The summed E-state index contributed by atoms with van der Waals surface area (Å²) in [6.45, 7) is 11.3. The predicted octanol–water partition coefficient (Wildman–Crippen LogP) is 2.89. The van der Waals surface area contributed by atoms with Crippen LogP contribution in [-0.2, 0) is 0 Å². The largest absolute Gasteiger partial charge is 0.317 e. The maximum atomic E-state index is 3.51. The lowest BCUT2D eigenvalue weighted by molar-refractivity contribution is 0.108. The second-order valence-electron chi connectivity index (χ2n) is 6.42. The number of nitrogens with zero attached hydrogens (tertiary/aromatic N) is 1. The van der Waals surface area contributed by atoms with Crippen molar-refractivity contribution in [3.63, 3.8) is 0 Å². The Morgan fingerprint density at radius 3 is 2.65 bits per heavy atom. The number of hydrogen-bond acceptors (Lipinski definition) is 2. The first kappa shape index (κ1) is 13.4. The van der Waals surface area contributed by atoms with Gasteiger partial charge < -0.3 is 10.2 Å². The topological polar surface area (TPSA) is 15.3 Å². The van der Waals surface area contributed by atoms with E-state index in [2.05, 4.69) is 24.1 Å². The quantitative estimate of drug-likeness (QED) is 0.813. The minimum atomic E-state index is 0.624. The summed E-state index contributed by atoms with van der Waals surface area (Å²) >= 11 is 0. The second kappa shape index (κ2) is 6.19. The maximum absolute atomic E-state index is 3.51. The van der Waals surface area contributed by atoms with E-state index in [-0.39, 0.29) is 0 Å². The van der Waals surface area contributed by atoms with Gasteiger partial charge in [-0.1, -0.05) is 13.8 Å². The van der Waals surface area contributed by atoms with Gasteiger partial charge >= 0.3 is 0 Å². The van der Waals surface area contributed by atoms with Crippen LogP contribution in [0.4, 0.5) is 0 Å². The lowest BCUT2D eigenvalue weighted by Crippen LogP contribution is -2.44. The van der Waals surface area contributed by atoms with Crippen molar-refractivity contribution < 1.29 is 0 Å². The fourth-order valence-electron chi connectivity index (χ4n) is 3.54. The standard InChI is InChI=1S/C15H30N2/c1-3-15(7-9-16-10-8-15)13-17-11-4-5-14(2)6-12-17/h14,16H,3-13H2,1-2H3. The van der Waals surface area contributed by atoms with Gasteiger partial charge in [-0.05, 0) is 76.0 Å². The monoisotopic (exact) mass is 238 g/mol. The van der Waals surface area contributed by atoms with E-state index in [4.69, 9.17) is 0 Å². The van der Waals surface area contributed by atoms with Gasteiger partial charge in [-0.25, -0.2) is 0 Å². The molecule has 0 aromatic rings. The number of hydrogen-bond donors (Lipinski definition) is 1. The molecule has 0 bridgehead atoms. The minimum absolute atomic E-state index is 0.624. The third-order valence-electron chi connectivity index (χ3n) is 5.08. The third-order valence-corrected chi connectivity index (χ3v) is 5.08. The molecule has 2 heterocycles. The van der Waals surface area contributed by atoms with Gasteiger partial charge in [0.2, 0.25) is 0 Å². The van der Waals surface area contributed by atoms with Gasteiger partial charge in [0.25, 0.3) is 0 Å². The zero-order chi connectivity index (χ0) is 12.1. The van der Waals surface area contributed by atoms with E-state index in [1.807, 2.05) is 0 Å². The predicted molar refractivity (Wildman–Crippen MR) is 74.3 cm³/mol. The molecule has 1 N–H and O–H groups in total. The van der Waals surface area contributed by atoms with Crippen LogP contribution in [0.5, 0.6) is 0 Å². The highest BCUT2D eigenvalue weighted by molar-refractivity contribution is 4.87. The highest BCUT2D eigenvalue weighted by Crippen LogP contribution is 2.34. The Kier molecular flexibility index (Phi) is 4.87. The molecule has 100 valence electrons. The van der Waals surface area contributed by atoms with E-state index < -0.39 is 0 Å². The maximum Gasteiger partial charge on any atom is 0.00388 e. The number of rotatable bonds is 3. The zero-order valence-corrected chi connectivity index (χ0v) is 11.8. The van der Waals surface area contributed by atoms with Gasteiger partial charge in [-0.3, -0.25) is 0 Å². The van der Waals surface area contributed by atoms with Gasteiger partial charge in [-0.15, -0.1) is 0 Å². The van der Waals surface area contributed by atoms with E-state index in [9.17, 15) is 0 Å². The Morgan fingerprint density at radius 2 is 1.94 bits per heavy atom. The molecule has 2 nitrogen and oxygen atoms in total. The molecule has 0 aromatic carbocycles. The van der Waals surface area contributed by atoms with Crippen LogP contribution in [-0.4, -0.2) is 37.6 Å². The second-order valence-corrected chi connectivity index (χ2v) is 6.42. The molecule has 0 aliphatic carbocycles. The first-order valence-electron chi connectivity index (χ1n) is 7.67. The van der Waals surface area contributed by atoms with E-state index in [0.717, 1.165) is 5.92 Å². The summed E-state index contributed by atoms with van der Waals surface area (Å²) in [5, 5.41) is 3.51. The molecule has 0 spiro atoms. The molecule has 1 unspecified atom stereocenters. The fourth-order valence-corrected chi connectivity index (χ4v) is 3.54. The SMILES string of the molecule is CCC1(CN2CCCC(C)CC2)CCNCC1. The van der Waals surface area contributed by atoms with Crippen LogP contribution in [0.25, 0.3) is 0 Å². The zero-order valence-electron chi connectivity index (χ0n) is 11.8. The van der Waals surface area contributed by atoms with Gasteiger partial charge in [-0.2, -0.15) is 0 Å². The molecular weight excluding hydrogens is 208 g/mol. The van der Waals surface area contributed by atoms with Crippen LogP contribution in [0.1, 0.15) is 52.4 Å². The van der Waals surface area contributed by atoms with Crippen molar-refractivity contribution in [3.8, 4) is 0 Å². The van der Waals surface area contributed by atoms with Gasteiger partial charge in [0.1, 0.15) is 0 Å². The van der Waals surface area contributed by atoms with Crippen molar-refractivity contribution >= 4 is 0 Å². The molecule has 2 rings (SSSR count). The number of piperidine rings is 1. The molecule has 2 aliphatic heterocycles. The Morgan fingerprint density at radius 1 is 1.18 bits per heavy atom. The number of likely N-dealkylation sites (tertiary alicyclic amines) is 1. The molecular formula is C15H30N2. The Balaban J connectivity index is 1.88. The van der Waals surface area contributed by atoms with Gasteiger partial charge in [0.05, 0.1) is 0 Å². The van der Waals surface area contributed by atoms with Crippen LogP contribution in [0.3, 0.4) is 0 Å². The van der Waals surface area contributed by atoms with Crippen molar-refractivity contribution in [1.82, 2.24) is 10.2 Å². The lowest BCUT2D eigenvalue weighted by atomic mass is 9.76. The minimum Gasteiger partial charge on any atom is -0.317 e. The summed E-state index contributed by atoms with van der Waals surface area (Å²) < 4.78 is 0. The van der Waals surface area contributed by atoms with Crippen molar-refractivity contribution in [2.24, 2.45) is 11.3 Å². The first-order valence-corrected chi connectivity index (χ1v) is 7.67. The molecule has 0 aromatic heterocycles. The first-order chi connectivity index (χ1) is 8.24. The normalized spacial score (nSPS) is 31.1. The smallest absolute Gasteiger partial charge is 0.00388 e. The summed E-state index contributed by atoms with van der Waals surface area (Å²) in [4.78, 5) is 2.76. The van der Waals surface area contributed by atoms with Crippen LogP contribution in [0.2, 0.25) is 0 Å². The van der Waals surface area contributed by atoms with E-state index in [0.29, 0.717) is 5.41 Å². The molecule has 0 saturated carbocycles. The summed E-state index contributed by atoms with van der Waals surface area (Å²) in [6, 6.07) is 0. The van der Waals surface area contributed by atoms with E-state index >= 15 is 0 Å². The molecule has 17 heavy (non-hydrogen) atoms. The highest BCUT2D eigenvalue weighted by Gasteiger charge is 2.32. The summed E-state index contributed by atoms with van der Waals surface area (Å²) in [5.74, 6) is 0.950. The summed E-state index contributed by atoms with van der Waals surface area (Å²) in [5.41, 5.74) is 0.624. The highest BCUT2D eigenvalue weighted by atomic mass is 15.1. The van der Waals surface area contributed by atoms with Crippen LogP contribution in [0.15, 0.2) is 0 Å². The Labute approximate surface area is 107 Å². The summed E-state index contributed by atoms with van der Waals surface area (Å²) in [6.07, 6.45) is 8.40. The third kappa shape index (κ3) is 3.69. The fraction of sp³-hybridized carbons (Fsp3) is 1.00. The van der Waals surface area contributed by atoms with Crippen LogP contribution in [0, 0.1) is 11.3 Å². The molecule has 2 fully saturated rings. The number of nitrogens with one attached hydrogen (secondary N) is 1. The molecule has 0 radical (unpaired) electrons. The Hall–Kier alpha value is -0.0800. The molecule has 0 amide bonds. The van der Waals surface area contributed by atoms with Crippen LogP contribution < -0.4 is 5.32 Å². The van der Waals surface area contributed by atoms with Crippen molar-refractivity contribution in [2.45, 2.75) is 52.4 Å². The molecule has 2 aliphatic rings. The van der Waals surface area contributed by atoms with Gasteiger partial charge in [0, 0.05) is 6.54 Å².